The average Bonchev–Trinajstić information content (AvgIpc) is 3.14. The van der Waals surface area contributed by atoms with Crippen LogP contribution in [0.5, 0.6) is 0 Å². The number of ether oxygens (including phenoxy) is 1. The van der Waals surface area contributed by atoms with Crippen LogP contribution in [0.15, 0.2) is 108 Å². The predicted molar refractivity (Wildman–Crippen MR) is 180 cm³/mol. The molecule has 0 aromatic heterocycles. The summed E-state index contributed by atoms with van der Waals surface area (Å²) in [5, 5.41) is 2.92. The van der Waals surface area contributed by atoms with Crippen LogP contribution < -0.4 is 10.6 Å². The van der Waals surface area contributed by atoms with Crippen LogP contribution in [0.1, 0.15) is 69.7 Å². The summed E-state index contributed by atoms with van der Waals surface area (Å²) in [5.74, 6) is 2.87. The van der Waals surface area contributed by atoms with Crippen molar-refractivity contribution in [1.29, 1.82) is 0 Å². The Morgan fingerprint density at radius 3 is 2.14 bits per heavy atom. The van der Waals surface area contributed by atoms with Gasteiger partial charge in [-0.05, 0) is 72.4 Å². The van der Waals surface area contributed by atoms with E-state index in [4.69, 9.17) is 23.8 Å². The Hall–Kier alpha value is -1.65. The predicted octanol–water partition coefficient (Wildman–Crippen LogP) is 10.3. The molecule has 6 rings (SSSR count). The minimum atomic E-state index is -1.19. The zero-order valence-corrected chi connectivity index (χ0v) is 28.7. The van der Waals surface area contributed by atoms with Crippen LogP contribution in [0.25, 0.3) is 5.76 Å². The molecule has 0 aliphatic heterocycles. The van der Waals surface area contributed by atoms with Gasteiger partial charge in [0.15, 0.2) is 0 Å². The molecule has 3 aliphatic carbocycles. The molecular weight excluding hydrogens is 669 g/mol. The van der Waals surface area contributed by atoms with E-state index in [1.165, 1.54) is 45.7 Å². The Morgan fingerprint density at radius 2 is 1.50 bits per heavy atom. The second-order valence-corrected chi connectivity index (χ2v) is 16.9. The molecule has 42 heavy (non-hydrogen) atoms. The van der Waals surface area contributed by atoms with Gasteiger partial charge in [0.05, 0.1) is 30.3 Å². The van der Waals surface area contributed by atoms with Crippen molar-refractivity contribution in [3.63, 3.8) is 0 Å². The molecule has 3 aromatic carbocycles. The van der Waals surface area contributed by atoms with Gasteiger partial charge >= 0.3 is 35.0 Å². The van der Waals surface area contributed by atoms with Crippen LogP contribution in [0.3, 0.4) is 0 Å². The molecule has 0 N–H and O–H groups in total. The van der Waals surface area contributed by atoms with Crippen LogP contribution >= 0.6 is 27.0 Å². The summed E-state index contributed by atoms with van der Waals surface area (Å²) < 4.78 is 7.12. The molecule has 1 nitrogen and oxygen atoms in total. The summed E-state index contributed by atoms with van der Waals surface area (Å²) in [6.07, 6.45) is 14.6. The van der Waals surface area contributed by atoms with Crippen LogP contribution in [-0.2, 0) is 20.7 Å². The summed E-state index contributed by atoms with van der Waals surface area (Å²) in [6.45, 7) is 7.12. The topological polar surface area (TPSA) is 9.23 Å². The van der Waals surface area contributed by atoms with Gasteiger partial charge in [-0.2, -0.15) is 0 Å². The Bertz CT molecular complexity index is 1360. The molecule has 224 valence electrons. The number of fused-ring (bicyclic) bond motifs is 1. The molecule has 0 amide bonds. The summed E-state index contributed by atoms with van der Waals surface area (Å²) in [5.41, 5.74) is 5.74. The molecule has 0 heterocycles. The van der Waals surface area contributed by atoms with Crippen molar-refractivity contribution in [3.8, 4) is 0 Å². The van der Waals surface area contributed by atoms with E-state index in [9.17, 15) is 0 Å². The number of hydrogen-bond acceptors (Lipinski definition) is 1. The van der Waals surface area contributed by atoms with Gasteiger partial charge in [0.1, 0.15) is 0 Å². The fraction of sp³-hybridized carbons (Fsp3) is 0.351. The monoisotopic (exact) mass is 708 g/mol. The Balaban J connectivity index is 0.00000113. The molecule has 4 atom stereocenters. The van der Waals surface area contributed by atoms with Gasteiger partial charge in [0.25, 0.3) is 0 Å². The fourth-order valence-corrected chi connectivity index (χ4v) is 10.3. The van der Waals surface area contributed by atoms with Crippen molar-refractivity contribution < 1.29 is 20.7 Å². The summed E-state index contributed by atoms with van der Waals surface area (Å²) in [6, 6.07) is 31.6. The second-order valence-electron chi connectivity index (χ2n) is 12.0. The third kappa shape index (κ3) is 7.35. The molecule has 3 aliphatic rings. The van der Waals surface area contributed by atoms with Crippen molar-refractivity contribution in [2.45, 2.75) is 64.6 Å². The van der Waals surface area contributed by atoms with Gasteiger partial charge < -0.3 is 4.74 Å². The molecular formula is C37H41Cl2OPPd. The third-order valence-electron chi connectivity index (χ3n) is 9.01. The molecule has 1 fully saturated rings. The third-order valence-corrected chi connectivity index (χ3v) is 12.2. The molecule has 0 bridgehead atoms. The van der Waals surface area contributed by atoms with E-state index in [1.807, 2.05) is 0 Å². The van der Waals surface area contributed by atoms with E-state index in [1.54, 1.807) is 0 Å². The SMILES string of the molecule is CC1CCC(C(C)C)C(OC2=[C-]C3=C(CCC=C3)C([PH+](c3ccccc3)c3ccccc3)c3ccccc32)C1.[Cl][Pd][Cl]. The number of halogens is 2. The first kappa shape index (κ1) is 31.8. The zero-order chi connectivity index (χ0) is 29.5. The molecule has 0 saturated heterocycles. The molecule has 0 radical (unpaired) electrons. The van der Waals surface area contributed by atoms with Gasteiger partial charge in [-0.15, -0.1) is 17.7 Å². The van der Waals surface area contributed by atoms with Crippen LogP contribution in [0, 0.1) is 23.8 Å². The van der Waals surface area contributed by atoms with Gasteiger partial charge in [-0.3, -0.25) is 0 Å². The van der Waals surface area contributed by atoms with Gasteiger partial charge in [-0.1, -0.05) is 106 Å². The number of allylic oxidation sites excluding steroid dienone is 5. The summed E-state index contributed by atoms with van der Waals surface area (Å²) in [7, 11) is 8.44. The molecule has 3 aromatic rings. The Kier molecular flexibility index (Phi) is 11.6. The van der Waals surface area contributed by atoms with Gasteiger partial charge in [0.2, 0.25) is 0 Å². The number of hydrogen-bond donors (Lipinski definition) is 0. The first-order chi connectivity index (χ1) is 20.5. The van der Waals surface area contributed by atoms with Crippen molar-refractivity contribution in [3.05, 3.63) is 125 Å². The first-order valence-electron chi connectivity index (χ1n) is 15.1. The van der Waals surface area contributed by atoms with E-state index >= 15 is 0 Å². The maximum absolute atomic E-state index is 7.12. The molecule has 0 spiro atoms. The van der Waals surface area contributed by atoms with Gasteiger partial charge in [-0.25, -0.2) is 0 Å². The summed E-state index contributed by atoms with van der Waals surface area (Å²) >= 11 is -0.106. The van der Waals surface area contributed by atoms with E-state index in [2.05, 4.69) is 124 Å². The van der Waals surface area contributed by atoms with E-state index < -0.39 is 7.92 Å². The van der Waals surface area contributed by atoms with Crippen molar-refractivity contribution in [2.24, 2.45) is 17.8 Å². The Labute approximate surface area is 270 Å². The van der Waals surface area contributed by atoms with Crippen LogP contribution in [0.4, 0.5) is 0 Å². The fourth-order valence-electron chi connectivity index (χ4n) is 7.00. The standard InChI is InChI=1S/C37H40OP.2ClH.Pd/c1-26(2)31-23-22-27(3)24-35(31)38-36-25-28-14-10-11-19-32(28)37(34-21-13-12-20-33(34)36)39(29-15-6-4-7-16-29)30-17-8-5-9-18-30;;;/h4-10,12-18,20-21,26-27,31,35,37H,11,19,22-24H2,1-3H3;2*1H;/q-1;;;+2/p-1. The van der Waals surface area contributed by atoms with E-state index in [0.717, 1.165) is 25.0 Å². The first-order valence-corrected chi connectivity index (χ1v) is 20.7. The van der Waals surface area contributed by atoms with Crippen molar-refractivity contribution >= 4 is 43.3 Å². The van der Waals surface area contributed by atoms with Crippen LogP contribution in [-0.4, -0.2) is 6.10 Å². The number of rotatable bonds is 6. The van der Waals surface area contributed by atoms with E-state index in [-0.39, 0.29) is 22.0 Å². The second kappa shape index (κ2) is 15.4. The van der Waals surface area contributed by atoms with Crippen molar-refractivity contribution in [2.75, 3.05) is 0 Å². The number of benzene rings is 3. The Morgan fingerprint density at radius 1 is 0.881 bits per heavy atom. The quantitative estimate of drug-likeness (QED) is 0.141. The van der Waals surface area contributed by atoms with Crippen molar-refractivity contribution in [1.82, 2.24) is 0 Å². The van der Waals surface area contributed by atoms with E-state index in [0.29, 0.717) is 23.4 Å². The average molecular weight is 710 g/mol. The zero-order valence-electron chi connectivity index (χ0n) is 24.6. The molecule has 4 unspecified atom stereocenters. The molecule has 5 heteroatoms. The van der Waals surface area contributed by atoms with Crippen LogP contribution in [0.2, 0.25) is 0 Å². The summed E-state index contributed by atoms with van der Waals surface area (Å²) in [4.78, 5) is 0. The normalized spacial score (nSPS) is 23.5. The molecule has 1 saturated carbocycles. The minimum absolute atomic E-state index is 0.106. The van der Waals surface area contributed by atoms with Gasteiger partial charge in [0, 0.05) is 5.76 Å². The maximum atomic E-state index is 7.12.